The van der Waals surface area contributed by atoms with Crippen molar-refractivity contribution < 1.29 is 19.1 Å². The van der Waals surface area contributed by atoms with Gasteiger partial charge in [0.05, 0.1) is 0 Å². The molecule has 5 heteroatoms. The van der Waals surface area contributed by atoms with Gasteiger partial charge in [-0.25, -0.2) is 0 Å². The summed E-state index contributed by atoms with van der Waals surface area (Å²) < 4.78 is 11.0. The largest absolute Gasteiger partial charge is 0.457 e. The van der Waals surface area contributed by atoms with Crippen molar-refractivity contribution in [2.45, 2.75) is 18.9 Å². The predicted molar refractivity (Wildman–Crippen MR) is 79.5 cm³/mol. The molecule has 1 atom stereocenters. The van der Waals surface area contributed by atoms with E-state index in [1.165, 1.54) is 6.92 Å². The fourth-order valence-electron chi connectivity index (χ4n) is 2.46. The van der Waals surface area contributed by atoms with Crippen LogP contribution in [-0.2, 0) is 14.3 Å². The van der Waals surface area contributed by atoms with Gasteiger partial charge in [0.15, 0.2) is 6.10 Å². The first-order chi connectivity index (χ1) is 10.6. The third-order valence-electron chi connectivity index (χ3n) is 3.61. The maximum atomic E-state index is 12.6. The van der Waals surface area contributed by atoms with Crippen LogP contribution in [0.4, 0.5) is 0 Å². The van der Waals surface area contributed by atoms with Gasteiger partial charge in [0, 0.05) is 11.1 Å². The Bertz CT molecular complexity index is 695. The van der Waals surface area contributed by atoms with E-state index in [-0.39, 0.29) is 0 Å². The third kappa shape index (κ3) is 2.41. The van der Waals surface area contributed by atoms with Crippen molar-refractivity contribution in [2.75, 3.05) is 0 Å². The molecule has 0 aliphatic carbocycles. The number of carbonyl (C=O) groups excluding carboxylic acids is 2. The summed E-state index contributed by atoms with van der Waals surface area (Å²) in [5.41, 5.74) is 6.58. The standard InChI is InChI=1S/C17H15NO4/c1-10(16(18)19)21-17(20)15-11-6-2-4-8-13(11)22-14-9-5-3-7-12(14)15/h2-10,15H,1H3,(H2,18,19)/t10-/m1/s1. The summed E-state index contributed by atoms with van der Waals surface area (Å²) >= 11 is 0. The Morgan fingerprint density at radius 1 is 1.05 bits per heavy atom. The summed E-state index contributed by atoms with van der Waals surface area (Å²) in [4.78, 5) is 23.7. The van der Waals surface area contributed by atoms with Crippen LogP contribution in [0.3, 0.4) is 0 Å². The van der Waals surface area contributed by atoms with Crippen molar-refractivity contribution in [3.8, 4) is 11.5 Å². The van der Waals surface area contributed by atoms with E-state index in [4.69, 9.17) is 15.2 Å². The SMILES string of the molecule is C[C@@H](OC(=O)C1c2ccccc2Oc2ccccc21)C(N)=O. The number of benzene rings is 2. The number of amides is 1. The van der Waals surface area contributed by atoms with Crippen molar-refractivity contribution in [2.24, 2.45) is 5.73 Å². The molecule has 1 heterocycles. The first-order valence-electron chi connectivity index (χ1n) is 6.93. The lowest BCUT2D eigenvalue weighted by atomic mass is 9.88. The number of primary amides is 1. The first kappa shape index (κ1) is 14.1. The molecule has 2 N–H and O–H groups in total. The van der Waals surface area contributed by atoms with E-state index >= 15 is 0 Å². The molecule has 0 saturated heterocycles. The number of hydrogen-bond donors (Lipinski definition) is 1. The zero-order chi connectivity index (χ0) is 15.7. The van der Waals surface area contributed by atoms with E-state index < -0.39 is 23.9 Å². The van der Waals surface area contributed by atoms with Crippen LogP contribution in [0.15, 0.2) is 48.5 Å². The average molecular weight is 297 g/mol. The van der Waals surface area contributed by atoms with Gasteiger partial charge < -0.3 is 15.2 Å². The van der Waals surface area contributed by atoms with E-state index in [1.807, 2.05) is 36.4 Å². The minimum absolute atomic E-state index is 0.519. The lowest BCUT2D eigenvalue weighted by Gasteiger charge is -2.27. The smallest absolute Gasteiger partial charge is 0.318 e. The lowest BCUT2D eigenvalue weighted by Crippen LogP contribution is -2.33. The Morgan fingerprint density at radius 3 is 2.05 bits per heavy atom. The van der Waals surface area contributed by atoms with E-state index in [2.05, 4.69) is 0 Å². The van der Waals surface area contributed by atoms with Crippen LogP contribution >= 0.6 is 0 Å². The minimum atomic E-state index is -0.977. The second-order valence-electron chi connectivity index (χ2n) is 5.09. The molecule has 5 nitrogen and oxygen atoms in total. The van der Waals surface area contributed by atoms with Crippen LogP contribution in [0.5, 0.6) is 11.5 Å². The maximum Gasteiger partial charge on any atom is 0.318 e. The number of carbonyl (C=O) groups is 2. The zero-order valence-corrected chi connectivity index (χ0v) is 12.0. The topological polar surface area (TPSA) is 78.6 Å². The molecule has 0 bridgehead atoms. The highest BCUT2D eigenvalue weighted by Gasteiger charge is 2.34. The molecule has 2 aromatic carbocycles. The summed E-state index contributed by atoms with van der Waals surface area (Å²) in [7, 11) is 0. The van der Waals surface area contributed by atoms with Gasteiger partial charge in [0.1, 0.15) is 17.4 Å². The molecule has 0 fully saturated rings. The Balaban J connectivity index is 2.03. The van der Waals surface area contributed by atoms with Gasteiger partial charge in [-0.2, -0.15) is 0 Å². The molecule has 1 aliphatic rings. The Kier molecular flexibility index (Phi) is 3.55. The summed E-state index contributed by atoms with van der Waals surface area (Å²) in [6.07, 6.45) is -0.977. The molecule has 0 spiro atoms. The molecule has 0 aromatic heterocycles. The van der Waals surface area contributed by atoms with E-state index in [0.717, 1.165) is 0 Å². The van der Waals surface area contributed by atoms with E-state index in [1.54, 1.807) is 12.1 Å². The van der Waals surface area contributed by atoms with Gasteiger partial charge in [0.25, 0.3) is 5.91 Å². The average Bonchev–Trinajstić information content (AvgIpc) is 2.52. The summed E-state index contributed by atoms with van der Waals surface area (Å²) in [5, 5.41) is 0. The normalized spacial score (nSPS) is 14.2. The summed E-state index contributed by atoms with van der Waals surface area (Å²) in [6, 6.07) is 14.5. The van der Waals surface area contributed by atoms with Gasteiger partial charge in [0.2, 0.25) is 0 Å². The molecule has 2 aromatic rings. The van der Waals surface area contributed by atoms with Crippen LogP contribution < -0.4 is 10.5 Å². The second kappa shape index (κ2) is 5.52. The second-order valence-corrected chi connectivity index (χ2v) is 5.09. The van der Waals surface area contributed by atoms with Crippen molar-refractivity contribution in [1.29, 1.82) is 0 Å². The summed E-state index contributed by atoms with van der Waals surface area (Å²) in [6.45, 7) is 1.46. The Labute approximate surface area is 127 Å². The van der Waals surface area contributed by atoms with Crippen molar-refractivity contribution in [3.05, 3.63) is 59.7 Å². The van der Waals surface area contributed by atoms with Gasteiger partial charge in [-0.05, 0) is 19.1 Å². The van der Waals surface area contributed by atoms with Crippen LogP contribution in [0, 0.1) is 0 Å². The van der Waals surface area contributed by atoms with E-state index in [0.29, 0.717) is 22.6 Å². The minimum Gasteiger partial charge on any atom is -0.457 e. The zero-order valence-electron chi connectivity index (χ0n) is 12.0. The number of rotatable bonds is 3. The molecular formula is C17H15NO4. The predicted octanol–water partition coefficient (Wildman–Crippen LogP) is 2.34. The number of nitrogens with two attached hydrogens (primary N) is 1. The molecule has 0 unspecified atom stereocenters. The molecule has 1 amide bonds. The lowest BCUT2D eigenvalue weighted by molar-refractivity contribution is -0.154. The van der Waals surface area contributed by atoms with Crippen molar-refractivity contribution in [3.63, 3.8) is 0 Å². The molecule has 0 saturated carbocycles. The summed E-state index contributed by atoms with van der Waals surface area (Å²) in [5.74, 6) is -0.621. The van der Waals surface area contributed by atoms with Gasteiger partial charge in [-0.15, -0.1) is 0 Å². The number of para-hydroxylation sites is 2. The van der Waals surface area contributed by atoms with Crippen LogP contribution in [0.1, 0.15) is 24.0 Å². The molecule has 1 aliphatic heterocycles. The number of fused-ring (bicyclic) bond motifs is 2. The van der Waals surface area contributed by atoms with Gasteiger partial charge >= 0.3 is 5.97 Å². The van der Waals surface area contributed by atoms with Crippen LogP contribution in [0.25, 0.3) is 0 Å². The third-order valence-corrected chi connectivity index (χ3v) is 3.61. The highest BCUT2D eigenvalue weighted by molar-refractivity contribution is 5.88. The van der Waals surface area contributed by atoms with Crippen LogP contribution in [0.2, 0.25) is 0 Å². The molecular weight excluding hydrogens is 282 g/mol. The first-order valence-corrected chi connectivity index (χ1v) is 6.93. The quantitative estimate of drug-likeness (QED) is 0.882. The molecule has 22 heavy (non-hydrogen) atoms. The highest BCUT2D eigenvalue weighted by Crippen LogP contribution is 2.44. The van der Waals surface area contributed by atoms with E-state index in [9.17, 15) is 9.59 Å². The Morgan fingerprint density at radius 2 is 1.55 bits per heavy atom. The molecule has 0 radical (unpaired) electrons. The number of hydrogen-bond acceptors (Lipinski definition) is 4. The Hall–Kier alpha value is -2.82. The van der Waals surface area contributed by atoms with Gasteiger partial charge in [-0.3, -0.25) is 9.59 Å². The fraction of sp³-hybridized carbons (Fsp3) is 0.176. The highest BCUT2D eigenvalue weighted by atomic mass is 16.5. The molecule has 112 valence electrons. The van der Waals surface area contributed by atoms with Crippen molar-refractivity contribution >= 4 is 11.9 Å². The monoisotopic (exact) mass is 297 g/mol. The fourth-order valence-corrected chi connectivity index (χ4v) is 2.46. The number of esters is 1. The van der Waals surface area contributed by atoms with Crippen molar-refractivity contribution in [1.82, 2.24) is 0 Å². The number of ether oxygens (including phenoxy) is 2. The molecule has 3 rings (SSSR count). The maximum absolute atomic E-state index is 12.6. The van der Waals surface area contributed by atoms with Gasteiger partial charge in [-0.1, -0.05) is 36.4 Å². The van der Waals surface area contributed by atoms with Crippen LogP contribution in [-0.4, -0.2) is 18.0 Å².